The Kier molecular flexibility index (Phi) is 4.30. The summed E-state index contributed by atoms with van der Waals surface area (Å²) in [6, 6.07) is 14.7. The van der Waals surface area contributed by atoms with E-state index in [1.54, 1.807) is 0 Å². The molecule has 1 unspecified atom stereocenters. The van der Waals surface area contributed by atoms with Crippen molar-refractivity contribution < 1.29 is 4.42 Å². The Morgan fingerprint density at radius 2 is 1.85 bits per heavy atom. The number of oxazole rings is 1. The fraction of sp³-hybridized carbons (Fsp3) is 0.320. The summed E-state index contributed by atoms with van der Waals surface area (Å²) in [5.41, 5.74) is 5.45. The fourth-order valence-electron chi connectivity index (χ4n) is 3.86. The molecular formula is C25H27NO. The van der Waals surface area contributed by atoms with Gasteiger partial charge in [-0.15, -0.1) is 0 Å². The van der Waals surface area contributed by atoms with E-state index in [2.05, 4.69) is 64.1 Å². The molecule has 1 aliphatic rings. The maximum absolute atomic E-state index is 6.36. The van der Waals surface area contributed by atoms with Crippen LogP contribution in [0.15, 0.2) is 71.2 Å². The molecule has 27 heavy (non-hydrogen) atoms. The van der Waals surface area contributed by atoms with Gasteiger partial charge in [-0.3, -0.25) is 0 Å². The molecular weight excluding hydrogens is 330 g/mol. The summed E-state index contributed by atoms with van der Waals surface area (Å²) in [5, 5.41) is 0. The molecule has 2 aromatic carbocycles. The van der Waals surface area contributed by atoms with Crippen LogP contribution in [0.2, 0.25) is 0 Å². The lowest BCUT2D eigenvalue weighted by atomic mass is 9.71. The minimum Gasteiger partial charge on any atom is -0.436 e. The van der Waals surface area contributed by atoms with Crippen molar-refractivity contribution in [2.45, 2.75) is 51.4 Å². The summed E-state index contributed by atoms with van der Waals surface area (Å²) in [4.78, 5) is 4.87. The van der Waals surface area contributed by atoms with Gasteiger partial charge in [-0.25, -0.2) is 4.98 Å². The normalized spacial score (nSPS) is 19.7. The monoisotopic (exact) mass is 357 g/mol. The lowest BCUT2D eigenvalue weighted by Gasteiger charge is -2.32. The summed E-state index contributed by atoms with van der Waals surface area (Å²) in [6.07, 6.45) is 10.9. The lowest BCUT2D eigenvalue weighted by molar-refractivity contribution is 0.504. The van der Waals surface area contributed by atoms with Crippen LogP contribution >= 0.6 is 0 Å². The number of aromatic nitrogens is 1. The number of allylic oxidation sites excluding steroid dienone is 4. The second kappa shape index (κ2) is 6.53. The number of benzene rings is 2. The number of hydrogen-bond acceptors (Lipinski definition) is 2. The van der Waals surface area contributed by atoms with Gasteiger partial charge < -0.3 is 4.42 Å². The van der Waals surface area contributed by atoms with Crippen LogP contribution in [-0.2, 0) is 10.8 Å². The number of nitrogens with zero attached hydrogens (tertiary/aromatic N) is 1. The molecule has 0 bridgehead atoms. The first-order chi connectivity index (χ1) is 12.9. The molecule has 138 valence electrons. The molecule has 0 amide bonds. The zero-order valence-corrected chi connectivity index (χ0v) is 16.6. The van der Waals surface area contributed by atoms with Crippen molar-refractivity contribution >= 4 is 11.1 Å². The van der Waals surface area contributed by atoms with Crippen LogP contribution in [0, 0.1) is 0 Å². The van der Waals surface area contributed by atoms with Gasteiger partial charge in [0.15, 0.2) is 5.58 Å². The molecule has 4 rings (SSSR count). The van der Waals surface area contributed by atoms with E-state index in [9.17, 15) is 0 Å². The molecule has 2 nitrogen and oxygen atoms in total. The van der Waals surface area contributed by atoms with Crippen LogP contribution in [0.4, 0.5) is 0 Å². The molecule has 1 atom stereocenters. The van der Waals surface area contributed by atoms with Crippen molar-refractivity contribution in [2.75, 3.05) is 0 Å². The van der Waals surface area contributed by atoms with Crippen LogP contribution < -0.4 is 0 Å². The summed E-state index contributed by atoms with van der Waals surface area (Å²) in [5.74, 6) is 0.694. The van der Waals surface area contributed by atoms with Gasteiger partial charge in [0.1, 0.15) is 5.52 Å². The van der Waals surface area contributed by atoms with Crippen molar-refractivity contribution in [3.8, 4) is 11.5 Å². The molecule has 2 heteroatoms. The van der Waals surface area contributed by atoms with E-state index in [1.807, 2.05) is 30.3 Å². The minimum atomic E-state index is -0.0399. The van der Waals surface area contributed by atoms with Gasteiger partial charge >= 0.3 is 0 Å². The van der Waals surface area contributed by atoms with E-state index in [0.717, 1.165) is 29.5 Å². The van der Waals surface area contributed by atoms with Gasteiger partial charge in [0.2, 0.25) is 5.89 Å². The molecule has 0 radical (unpaired) electrons. The van der Waals surface area contributed by atoms with Gasteiger partial charge in [-0.2, -0.15) is 0 Å². The molecule has 1 heterocycles. The first kappa shape index (κ1) is 17.8. The summed E-state index contributed by atoms with van der Waals surface area (Å²) >= 11 is 0. The molecule has 0 spiro atoms. The maximum atomic E-state index is 6.36. The van der Waals surface area contributed by atoms with E-state index in [1.165, 1.54) is 11.1 Å². The average molecular weight is 357 g/mol. The lowest BCUT2D eigenvalue weighted by Crippen LogP contribution is -2.24. The SMILES string of the molecule is CCC1(c2cc(C(C)(C)C)cc3nc(-c4ccccc4)oc23)C=CC=CC1. The van der Waals surface area contributed by atoms with Gasteiger partial charge in [-0.05, 0) is 42.0 Å². The first-order valence-electron chi connectivity index (χ1n) is 9.78. The van der Waals surface area contributed by atoms with Crippen molar-refractivity contribution in [2.24, 2.45) is 0 Å². The third-order valence-electron chi connectivity index (χ3n) is 5.69. The second-order valence-electron chi connectivity index (χ2n) is 8.51. The standard InChI is InChI=1S/C25H27NO/c1-5-25(14-10-7-11-15-25)20-16-19(24(2,3)4)17-21-22(20)27-23(26-21)18-12-8-6-9-13-18/h6-14,16-17H,5,15H2,1-4H3. The van der Waals surface area contributed by atoms with Crippen LogP contribution in [0.3, 0.4) is 0 Å². The molecule has 0 saturated carbocycles. The average Bonchev–Trinajstić information content (AvgIpc) is 3.12. The first-order valence-corrected chi connectivity index (χ1v) is 9.78. The van der Waals surface area contributed by atoms with E-state index < -0.39 is 0 Å². The predicted molar refractivity (Wildman–Crippen MR) is 113 cm³/mol. The minimum absolute atomic E-state index is 0.0399. The number of rotatable bonds is 3. The summed E-state index contributed by atoms with van der Waals surface area (Å²) in [6.45, 7) is 9.02. The molecule has 1 aliphatic carbocycles. The van der Waals surface area contributed by atoms with Gasteiger partial charge in [-0.1, -0.05) is 76.3 Å². The van der Waals surface area contributed by atoms with Crippen LogP contribution in [0.1, 0.15) is 51.7 Å². The van der Waals surface area contributed by atoms with Crippen molar-refractivity contribution in [3.05, 3.63) is 77.9 Å². The highest BCUT2D eigenvalue weighted by molar-refractivity contribution is 5.82. The zero-order valence-electron chi connectivity index (χ0n) is 16.6. The molecule has 3 aromatic rings. The molecule has 0 fully saturated rings. The van der Waals surface area contributed by atoms with Crippen LogP contribution in [0.5, 0.6) is 0 Å². The largest absolute Gasteiger partial charge is 0.436 e. The second-order valence-corrected chi connectivity index (χ2v) is 8.51. The zero-order chi connectivity index (χ0) is 19.1. The van der Waals surface area contributed by atoms with Gasteiger partial charge in [0, 0.05) is 16.5 Å². The van der Waals surface area contributed by atoms with E-state index in [4.69, 9.17) is 9.40 Å². The number of fused-ring (bicyclic) bond motifs is 1. The van der Waals surface area contributed by atoms with Crippen molar-refractivity contribution in [1.29, 1.82) is 0 Å². The van der Waals surface area contributed by atoms with Gasteiger partial charge in [0.25, 0.3) is 0 Å². The summed E-state index contributed by atoms with van der Waals surface area (Å²) < 4.78 is 6.36. The Bertz CT molecular complexity index is 1020. The van der Waals surface area contributed by atoms with E-state index in [-0.39, 0.29) is 10.8 Å². The highest BCUT2D eigenvalue weighted by Gasteiger charge is 2.33. The molecule has 0 saturated heterocycles. The Morgan fingerprint density at radius 1 is 1.07 bits per heavy atom. The van der Waals surface area contributed by atoms with Crippen molar-refractivity contribution in [3.63, 3.8) is 0 Å². The molecule has 0 aliphatic heterocycles. The highest BCUT2D eigenvalue weighted by atomic mass is 16.3. The van der Waals surface area contributed by atoms with Crippen LogP contribution in [0.25, 0.3) is 22.6 Å². The Labute approximate surface area is 161 Å². The number of hydrogen-bond donors (Lipinski definition) is 0. The van der Waals surface area contributed by atoms with E-state index >= 15 is 0 Å². The van der Waals surface area contributed by atoms with Crippen molar-refractivity contribution in [1.82, 2.24) is 4.98 Å². The maximum Gasteiger partial charge on any atom is 0.227 e. The third-order valence-corrected chi connectivity index (χ3v) is 5.69. The topological polar surface area (TPSA) is 26.0 Å². The highest BCUT2D eigenvalue weighted by Crippen LogP contribution is 2.42. The predicted octanol–water partition coefficient (Wildman–Crippen LogP) is 6.96. The Hall–Kier alpha value is -2.61. The smallest absolute Gasteiger partial charge is 0.227 e. The molecule has 0 N–H and O–H groups in total. The Morgan fingerprint density at radius 3 is 2.48 bits per heavy atom. The van der Waals surface area contributed by atoms with E-state index in [0.29, 0.717) is 5.89 Å². The quantitative estimate of drug-likeness (QED) is 0.506. The Balaban J connectivity index is 1.99. The molecule has 1 aromatic heterocycles. The summed E-state index contributed by atoms with van der Waals surface area (Å²) in [7, 11) is 0. The van der Waals surface area contributed by atoms with Crippen LogP contribution in [-0.4, -0.2) is 4.98 Å². The third kappa shape index (κ3) is 3.14. The van der Waals surface area contributed by atoms with Gasteiger partial charge in [0.05, 0.1) is 0 Å². The fourth-order valence-corrected chi connectivity index (χ4v) is 3.86.